The summed E-state index contributed by atoms with van der Waals surface area (Å²) >= 11 is 0. The monoisotopic (exact) mass is 256 g/mol. The van der Waals surface area contributed by atoms with Gasteiger partial charge in [-0.15, -0.1) is 0 Å². The summed E-state index contributed by atoms with van der Waals surface area (Å²) in [7, 11) is 1.65. The molecule has 0 aliphatic heterocycles. The summed E-state index contributed by atoms with van der Waals surface area (Å²) in [6.07, 6.45) is 0.0688. The van der Waals surface area contributed by atoms with Gasteiger partial charge in [-0.05, 0) is 25.8 Å². The van der Waals surface area contributed by atoms with Crippen LogP contribution in [0.5, 0.6) is 0 Å². The zero-order valence-corrected chi connectivity index (χ0v) is 10.2. The standard InChI is InChI=1S/C12H14F2N2O2/c1-7-8(6-16(2)15-7)10(17)5-9(11(13)14)12(18)3-4-12/h5-6,11,18H,3-4H2,1-2H3/b9-5+. The van der Waals surface area contributed by atoms with E-state index >= 15 is 0 Å². The number of aliphatic hydroxyl groups is 1. The third-order valence-electron chi connectivity index (χ3n) is 3.06. The predicted molar refractivity (Wildman–Crippen MR) is 60.5 cm³/mol. The summed E-state index contributed by atoms with van der Waals surface area (Å²) in [5, 5.41) is 13.7. The fourth-order valence-electron chi connectivity index (χ4n) is 1.87. The Bertz CT molecular complexity index is 516. The van der Waals surface area contributed by atoms with Crippen molar-refractivity contribution in [2.24, 2.45) is 7.05 Å². The molecule has 18 heavy (non-hydrogen) atoms. The van der Waals surface area contributed by atoms with Gasteiger partial charge in [0.05, 0.1) is 16.9 Å². The van der Waals surface area contributed by atoms with Gasteiger partial charge in [-0.3, -0.25) is 9.48 Å². The van der Waals surface area contributed by atoms with Crippen LogP contribution in [0.3, 0.4) is 0 Å². The summed E-state index contributed by atoms with van der Waals surface area (Å²) in [5.41, 5.74) is -1.22. The first kappa shape index (κ1) is 12.9. The number of carbonyl (C=O) groups is 1. The molecule has 1 aliphatic carbocycles. The SMILES string of the molecule is Cc1nn(C)cc1C(=O)/C=C(\C(F)F)C1(O)CC1. The molecule has 98 valence electrons. The highest BCUT2D eigenvalue weighted by Gasteiger charge is 2.47. The third kappa shape index (κ3) is 2.33. The van der Waals surface area contributed by atoms with Gasteiger partial charge in [0.2, 0.25) is 0 Å². The smallest absolute Gasteiger partial charge is 0.263 e. The summed E-state index contributed by atoms with van der Waals surface area (Å²) < 4.78 is 27.1. The second-order valence-electron chi connectivity index (χ2n) is 4.60. The van der Waals surface area contributed by atoms with E-state index in [-0.39, 0.29) is 18.4 Å². The van der Waals surface area contributed by atoms with Crippen LogP contribution >= 0.6 is 0 Å². The van der Waals surface area contributed by atoms with Gasteiger partial charge in [0.1, 0.15) is 0 Å². The van der Waals surface area contributed by atoms with E-state index in [0.717, 1.165) is 6.08 Å². The fourth-order valence-corrected chi connectivity index (χ4v) is 1.87. The highest BCUT2D eigenvalue weighted by Crippen LogP contribution is 2.44. The van der Waals surface area contributed by atoms with E-state index in [1.54, 1.807) is 14.0 Å². The molecule has 1 saturated carbocycles. The molecule has 0 atom stereocenters. The first-order chi connectivity index (χ1) is 8.33. The number of carbonyl (C=O) groups excluding carboxylic acids is 1. The molecule has 0 bridgehead atoms. The predicted octanol–water partition coefficient (Wildman–Crippen LogP) is 1.63. The molecule has 0 spiro atoms. The zero-order chi connectivity index (χ0) is 13.5. The summed E-state index contributed by atoms with van der Waals surface area (Å²) in [4.78, 5) is 11.9. The topological polar surface area (TPSA) is 55.1 Å². The molecule has 1 aromatic rings. The van der Waals surface area contributed by atoms with Crippen LogP contribution in [0.4, 0.5) is 8.78 Å². The largest absolute Gasteiger partial charge is 0.385 e. The molecule has 1 aromatic heterocycles. The number of hydrogen-bond donors (Lipinski definition) is 1. The molecule has 0 saturated heterocycles. The molecule has 0 aromatic carbocycles. The van der Waals surface area contributed by atoms with Gasteiger partial charge in [-0.25, -0.2) is 8.78 Å². The molecular formula is C12H14F2N2O2. The van der Waals surface area contributed by atoms with Crippen molar-refractivity contribution in [3.8, 4) is 0 Å². The van der Waals surface area contributed by atoms with Gasteiger partial charge in [0.15, 0.2) is 5.78 Å². The lowest BCUT2D eigenvalue weighted by atomic mass is 10.0. The van der Waals surface area contributed by atoms with Gasteiger partial charge in [-0.2, -0.15) is 5.10 Å². The molecule has 1 aliphatic rings. The Morgan fingerprint density at radius 1 is 1.61 bits per heavy atom. The van der Waals surface area contributed by atoms with E-state index in [1.807, 2.05) is 0 Å². The van der Waals surface area contributed by atoms with Crippen LogP contribution < -0.4 is 0 Å². The third-order valence-corrected chi connectivity index (χ3v) is 3.06. The van der Waals surface area contributed by atoms with Crippen molar-refractivity contribution in [1.29, 1.82) is 0 Å². The normalized spacial score (nSPS) is 18.2. The maximum absolute atomic E-state index is 12.8. The van der Waals surface area contributed by atoms with Crippen LogP contribution in [0.1, 0.15) is 28.9 Å². The number of hydrogen-bond acceptors (Lipinski definition) is 3. The zero-order valence-electron chi connectivity index (χ0n) is 10.2. The molecule has 0 amide bonds. The molecule has 4 nitrogen and oxygen atoms in total. The molecule has 6 heteroatoms. The maximum atomic E-state index is 12.8. The molecule has 2 rings (SSSR count). The Balaban J connectivity index is 2.31. The molecule has 1 N–H and O–H groups in total. The average molecular weight is 256 g/mol. The van der Waals surface area contributed by atoms with Gasteiger partial charge in [0.25, 0.3) is 6.43 Å². The van der Waals surface area contributed by atoms with Crippen LogP contribution in [0.15, 0.2) is 17.8 Å². The Morgan fingerprint density at radius 2 is 2.22 bits per heavy atom. The minimum atomic E-state index is -2.82. The minimum absolute atomic E-state index is 0.278. The van der Waals surface area contributed by atoms with E-state index in [2.05, 4.69) is 5.10 Å². The molecule has 0 radical (unpaired) electrons. The Kier molecular flexibility index (Phi) is 3.06. The minimum Gasteiger partial charge on any atom is -0.385 e. The lowest BCUT2D eigenvalue weighted by Gasteiger charge is -2.11. The first-order valence-electron chi connectivity index (χ1n) is 5.60. The Hall–Kier alpha value is -1.56. The first-order valence-corrected chi connectivity index (χ1v) is 5.60. The van der Waals surface area contributed by atoms with Gasteiger partial charge < -0.3 is 5.11 Å². The average Bonchev–Trinajstić information content (AvgIpc) is 2.91. The Morgan fingerprint density at radius 3 is 2.61 bits per heavy atom. The van der Waals surface area contributed by atoms with Gasteiger partial charge in [0, 0.05) is 18.8 Å². The van der Waals surface area contributed by atoms with Crippen molar-refractivity contribution >= 4 is 5.78 Å². The molecule has 1 heterocycles. The van der Waals surface area contributed by atoms with Crippen LogP contribution in [0.2, 0.25) is 0 Å². The van der Waals surface area contributed by atoms with Crippen molar-refractivity contribution in [1.82, 2.24) is 9.78 Å². The van der Waals surface area contributed by atoms with Gasteiger partial charge in [-0.1, -0.05) is 0 Å². The number of ketones is 1. The second-order valence-corrected chi connectivity index (χ2v) is 4.60. The number of nitrogens with zero attached hydrogens (tertiary/aromatic N) is 2. The van der Waals surface area contributed by atoms with Crippen molar-refractivity contribution in [2.45, 2.75) is 31.8 Å². The van der Waals surface area contributed by atoms with E-state index < -0.39 is 23.4 Å². The van der Waals surface area contributed by atoms with E-state index in [0.29, 0.717) is 5.69 Å². The van der Waals surface area contributed by atoms with Crippen LogP contribution in [-0.4, -0.2) is 32.7 Å². The van der Waals surface area contributed by atoms with Crippen LogP contribution in [-0.2, 0) is 7.05 Å². The number of halogens is 2. The van der Waals surface area contributed by atoms with E-state index in [9.17, 15) is 18.7 Å². The highest BCUT2D eigenvalue weighted by atomic mass is 19.3. The lowest BCUT2D eigenvalue weighted by Crippen LogP contribution is -2.19. The second kappa shape index (κ2) is 4.28. The Labute approximate surface area is 103 Å². The van der Waals surface area contributed by atoms with Crippen molar-refractivity contribution < 1.29 is 18.7 Å². The molecular weight excluding hydrogens is 242 g/mol. The quantitative estimate of drug-likeness (QED) is 0.658. The van der Waals surface area contributed by atoms with Crippen molar-refractivity contribution in [3.05, 3.63) is 29.1 Å². The summed E-state index contributed by atoms with van der Waals surface area (Å²) in [6, 6.07) is 0. The fraction of sp³-hybridized carbons (Fsp3) is 0.500. The number of aryl methyl sites for hydroxylation is 2. The number of allylic oxidation sites excluding steroid dienone is 1. The van der Waals surface area contributed by atoms with Crippen molar-refractivity contribution in [2.75, 3.05) is 0 Å². The van der Waals surface area contributed by atoms with Gasteiger partial charge >= 0.3 is 0 Å². The molecule has 0 unspecified atom stereocenters. The van der Waals surface area contributed by atoms with E-state index in [4.69, 9.17) is 0 Å². The summed E-state index contributed by atoms with van der Waals surface area (Å²) in [5.74, 6) is -0.545. The van der Waals surface area contributed by atoms with Crippen LogP contribution in [0.25, 0.3) is 0 Å². The van der Waals surface area contributed by atoms with E-state index in [1.165, 1.54) is 10.9 Å². The maximum Gasteiger partial charge on any atom is 0.263 e. The number of aromatic nitrogens is 2. The van der Waals surface area contributed by atoms with Crippen LogP contribution in [0, 0.1) is 6.92 Å². The van der Waals surface area contributed by atoms with Crippen molar-refractivity contribution in [3.63, 3.8) is 0 Å². The number of rotatable bonds is 4. The number of alkyl halides is 2. The summed E-state index contributed by atoms with van der Waals surface area (Å²) in [6.45, 7) is 1.63. The molecule has 1 fully saturated rings. The highest BCUT2D eigenvalue weighted by molar-refractivity contribution is 6.05. The lowest BCUT2D eigenvalue weighted by molar-refractivity contribution is 0.0989.